The van der Waals surface area contributed by atoms with Gasteiger partial charge in [-0.25, -0.2) is 18.1 Å². The number of aromatic nitrogens is 5. The zero-order chi connectivity index (χ0) is 14.0. The van der Waals surface area contributed by atoms with Gasteiger partial charge in [-0.3, -0.25) is 4.40 Å². The standard InChI is InChI=1S/C11H12N6O2S/c18-20(19,11-7-12-8-13-11)14-5-4-10-16-15-9-3-1-2-6-17(9)10/h1-3,6-8,14H,4-5H2,(H,12,13). The molecule has 0 unspecified atom stereocenters. The minimum absolute atomic E-state index is 0.0450. The average Bonchev–Trinajstić information content (AvgIpc) is 3.08. The van der Waals surface area contributed by atoms with Crippen LogP contribution >= 0.6 is 0 Å². The van der Waals surface area contributed by atoms with Gasteiger partial charge < -0.3 is 4.98 Å². The molecule has 0 aliphatic carbocycles. The van der Waals surface area contributed by atoms with E-state index in [0.29, 0.717) is 12.2 Å². The highest BCUT2D eigenvalue weighted by atomic mass is 32.2. The highest BCUT2D eigenvalue weighted by Crippen LogP contribution is 2.04. The summed E-state index contributed by atoms with van der Waals surface area (Å²) in [5, 5.41) is 8.08. The van der Waals surface area contributed by atoms with E-state index in [1.165, 1.54) is 12.5 Å². The molecule has 0 bridgehead atoms. The number of sulfonamides is 1. The zero-order valence-corrected chi connectivity index (χ0v) is 11.2. The summed E-state index contributed by atoms with van der Waals surface area (Å²) >= 11 is 0. The van der Waals surface area contributed by atoms with Crippen molar-refractivity contribution in [3.63, 3.8) is 0 Å². The van der Waals surface area contributed by atoms with E-state index in [-0.39, 0.29) is 11.6 Å². The van der Waals surface area contributed by atoms with Gasteiger partial charge in [0.1, 0.15) is 5.82 Å². The van der Waals surface area contributed by atoms with E-state index in [2.05, 4.69) is 24.9 Å². The summed E-state index contributed by atoms with van der Waals surface area (Å²) < 4.78 is 28.0. The van der Waals surface area contributed by atoms with Crippen molar-refractivity contribution < 1.29 is 8.42 Å². The molecule has 104 valence electrons. The largest absolute Gasteiger partial charge is 0.335 e. The Balaban J connectivity index is 1.69. The second kappa shape index (κ2) is 5.02. The predicted octanol–water partition coefficient (Wildman–Crippen LogP) is -0.0266. The summed E-state index contributed by atoms with van der Waals surface area (Å²) in [5.74, 6) is 0.702. The van der Waals surface area contributed by atoms with Crippen LogP contribution in [0.1, 0.15) is 5.82 Å². The van der Waals surface area contributed by atoms with Gasteiger partial charge >= 0.3 is 0 Å². The molecule has 0 saturated heterocycles. The molecule has 2 N–H and O–H groups in total. The molecule has 0 saturated carbocycles. The summed E-state index contributed by atoms with van der Waals surface area (Å²) in [5.41, 5.74) is 0.735. The van der Waals surface area contributed by atoms with Crippen LogP contribution in [0.5, 0.6) is 0 Å². The normalized spacial score (nSPS) is 12.0. The first-order chi connectivity index (χ1) is 9.67. The van der Waals surface area contributed by atoms with Gasteiger partial charge in [-0.05, 0) is 12.1 Å². The van der Waals surface area contributed by atoms with Gasteiger partial charge in [-0.1, -0.05) is 6.07 Å². The number of nitrogens with one attached hydrogen (secondary N) is 2. The van der Waals surface area contributed by atoms with Gasteiger partial charge in [0.2, 0.25) is 0 Å². The second-order valence-electron chi connectivity index (χ2n) is 4.11. The molecule has 0 aliphatic heterocycles. The van der Waals surface area contributed by atoms with E-state index in [9.17, 15) is 8.42 Å². The molecule has 0 atom stereocenters. The van der Waals surface area contributed by atoms with E-state index in [0.717, 1.165) is 5.65 Å². The Kier molecular flexibility index (Phi) is 3.20. The minimum Gasteiger partial charge on any atom is -0.335 e. The van der Waals surface area contributed by atoms with Crippen molar-refractivity contribution in [3.8, 4) is 0 Å². The number of rotatable bonds is 5. The summed E-state index contributed by atoms with van der Waals surface area (Å²) in [6.45, 7) is 0.233. The third kappa shape index (κ3) is 2.40. The number of aromatic amines is 1. The fourth-order valence-corrected chi connectivity index (χ4v) is 2.76. The number of imidazole rings is 1. The van der Waals surface area contributed by atoms with Crippen molar-refractivity contribution in [2.75, 3.05) is 6.54 Å². The molecule has 0 fully saturated rings. The summed E-state index contributed by atoms with van der Waals surface area (Å²) in [6, 6.07) is 5.58. The predicted molar refractivity (Wildman–Crippen MR) is 70.5 cm³/mol. The zero-order valence-electron chi connectivity index (χ0n) is 10.4. The molecule has 0 aliphatic rings. The van der Waals surface area contributed by atoms with Crippen molar-refractivity contribution in [3.05, 3.63) is 42.7 Å². The van der Waals surface area contributed by atoms with E-state index in [1.54, 1.807) is 0 Å². The lowest BCUT2D eigenvalue weighted by molar-refractivity contribution is 0.577. The molecular formula is C11H12N6O2S. The summed E-state index contributed by atoms with van der Waals surface area (Å²) in [7, 11) is -3.55. The Morgan fingerprint density at radius 1 is 1.30 bits per heavy atom. The van der Waals surface area contributed by atoms with Crippen LogP contribution in [0.25, 0.3) is 5.65 Å². The number of pyridine rings is 1. The molecular weight excluding hydrogens is 280 g/mol. The Bertz CT molecular complexity index is 808. The van der Waals surface area contributed by atoms with Gasteiger partial charge in [0.05, 0.1) is 12.5 Å². The molecule has 20 heavy (non-hydrogen) atoms. The van der Waals surface area contributed by atoms with Crippen molar-refractivity contribution in [1.29, 1.82) is 0 Å². The highest BCUT2D eigenvalue weighted by molar-refractivity contribution is 7.89. The number of fused-ring (bicyclic) bond motifs is 1. The van der Waals surface area contributed by atoms with E-state index in [1.807, 2.05) is 28.8 Å². The Hall–Kier alpha value is -2.26. The summed E-state index contributed by atoms with van der Waals surface area (Å²) in [4.78, 5) is 6.24. The van der Waals surface area contributed by atoms with Gasteiger partial charge in [0, 0.05) is 19.2 Å². The van der Waals surface area contributed by atoms with E-state index in [4.69, 9.17) is 0 Å². The van der Waals surface area contributed by atoms with Crippen molar-refractivity contribution in [2.24, 2.45) is 0 Å². The molecule has 3 heterocycles. The Labute approximate surface area is 114 Å². The molecule has 3 rings (SSSR count). The lowest BCUT2D eigenvalue weighted by atomic mass is 10.4. The SMILES string of the molecule is O=S(=O)(NCCc1nnc2ccccn12)c1cnc[nH]1. The molecule has 0 aromatic carbocycles. The maximum absolute atomic E-state index is 11.9. The maximum Gasteiger partial charge on any atom is 0.257 e. The fourth-order valence-electron chi connectivity index (χ4n) is 1.83. The van der Waals surface area contributed by atoms with Crippen LogP contribution in [0.15, 0.2) is 41.9 Å². The molecule has 0 spiro atoms. The molecule has 9 heteroatoms. The molecule has 8 nitrogen and oxygen atoms in total. The number of hydrogen-bond donors (Lipinski definition) is 2. The monoisotopic (exact) mass is 292 g/mol. The van der Waals surface area contributed by atoms with Crippen LogP contribution in [0, 0.1) is 0 Å². The van der Waals surface area contributed by atoms with E-state index < -0.39 is 10.0 Å². The lowest BCUT2D eigenvalue weighted by Crippen LogP contribution is -2.26. The number of hydrogen-bond acceptors (Lipinski definition) is 5. The van der Waals surface area contributed by atoms with Crippen molar-refractivity contribution >= 4 is 15.7 Å². The third-order valence-corrected chi connectivity index (χ3v) is 4.17. The quantitative estimate of drug-likeness (QED) is 0.687. The number of nitrogens with zero attached hydrogens (tertiary/aromatic N) is 4. The van der Waals surface area contributed by atoms with Gasteiger partial charge in [0.15, 0.2) is 10.7 Å². The first-order valence-corrected chi connectivity index (χ1v) is 7.42. The fraction of sp³-hybridized carbons (Fsp3) is 0.182. The molecule has 0 radical (unpaired) electrons. The first kappa shape index (κ1) is 12.8. The topological polar surface area (TPSA) is 105 Å². The van der Waals surface area contributed by atoms with Crippen molar-refractivity contribution in [2.45, 2.75) is 11.4 Å². The molecule has 3 aromatic heterocycles. The van der Waals surface area contributed by atoms with Crippen LogP contribution in [-0.2, 0) is 16.4 Å². The van der Waals surface area contributed by atoms with Gasteiger partial charge in [-0.15, -0.1) is 10.2 Å². The average molecular weight is 292 g/mol. The summed E-state index contributed by atoms with van der Waals surface area (Å²) in [6.07, 6.45) is 4.86. The second-order valence-corrected chi connectivity index (χ2v) is 5.84. The minimum atomic E-state index is -3.55. The highest BCUT2D eigenvalue weighted by Gasteiger charge is 2.15. The lowest BCUT2D eigenvalue weighted by Gasteiger charge is -2.03. The maximum atomic E-state index is 11.9. The molecule has 0 amide bonds. The van der Waals surface area contributed by atoms with Gasteiger partial charge in [0.25, 0.3) is 10.0 Å². The van der Waals surface area contributed by atoms with Gasteiger partial charge in [-0.2, -0.15) is 0 Å². The first-order valence-electron chi connectivity index (χ1n) is 5.93. The molecule has 3 aromatic rings. The van der Waals surface area contributed by atoms with Crippen LogP contribution in [0.3, 0.4) is 0 Å². The van der Waals surface area contributed by atoms with Crippen LogP contribution in [0.4, 0.5) is 0 Å². The number of H-pyrrole nitrogens is 1. The van der Waals surface area contributed by atoms with E-state index >= 15 is 0 Å². The smallest absolute Gasteiger partial charge is 0.257 e. The Morgan fingerprint density at radius 3 is 3.00 bits per heavy atom. The Morgan fingerprint density at radius 2 is 2.20 bits per heavy atom. The van der Waals surface area contributed by atoms with Crippen molar-refractivity contribution in [1.82, 2.24) is 29.3 Å². The van der Waals surface area contributed by atoms with Crippen LogP contribution in [-0.4, -0.2) is 39.5 Å². The van der Waals surface area contributed by atoms with Crippen LogP contribution in [0.2, 0.25) is 0 Å². The third-order valence-electron chi connectivity index (χ3n) is 2.79. The van der Waals surface area contributed by atoms with Crippen LogP contribution < -0.4 is 4.72 Å².